The molecule has 0 fully saturated rings. The van der Waals surface area contributed by atoms with Crippen LogP contribution in [0.5, 0.6) is 5.75 Å². The highest BCUT2D eigenvalue weighted by atomic mass is 32.2. The van der Waals surface area contributed by atoms with Crippen molar-refractivity contribution in [2.24, 2.45) is 0 Å². The van der Waals surface area contributed by atoms with Gasteiger partial charge in [-0.1, -0.05) is 30.0 Å². The lowest BCUT2D eigenvalue weighted by Gasteiger charge is -2.15. The number of aromatic nitrogens is 1. The Morgan fingerprint density at radius 1 is 1.12 bits per heavy atom. The molecule has 10 heteroatoms. The number of hydrogen-bond donors (Lipinski definition) is 1. The second kappa shape index (κ2) is 10.4. The molecule has 3 aromatic rings. The van der Waals surface area contributed by atoms with E-state index in [4.69, 9.17) is 9.47 Å². The Hall–Kier alpha value is -3.92. The van der Waals surface area contributed by atoms with Crippen LogP contribution in [0.15, 0.2) is 76.8 Å². The molecule has 32 heavy (non-hydrogen) atoms. The molecule has 1 aromatic heterocycles. The lowest BCUT2D eigenvalue weighted by Crippen LogP contribution is -2.30. The fourth-order valence-corrected chi connectivity index (χ4v) is 3.53. The first-order chi connectivity index (χ1) is 15.4. The van der Waals surface area contributed by atoms with E-state index in [0.717, 1.165) is 4.90 Å². The van der Waals surface area contributed by atoms with Crippen molar-refractivity contribution in [1.82, 2.24) is 4.98 Å². The van der Waals surface area contributed by atoms with Gasteiger partial charge in [-0.3, -0.25) is 14.9 Å². The van der Waals surface area contributed by atoms with Crippen molar-refractivity contribution in [2.75, 3.05) is 12.4 Å². The molecule has 1 heterocycles. The topological polar surface area (TPSA) is 121 Å². The normalized spacial score (nSPS) is 11.3. The Kier molecular flexibility index (Phi) is 7.40. The molecule has 2 aromatic carbocycles. The van der Waals surface area contributed by atoms with Gasteiger partial charge in [-0.25, -0.2) is 9.78 Å². The Labute approximate surface area is 187 Å². The van der Waals surface area contributed by atoms with Crippen LogP contribution in [0.25, 0.3) is 0 Å². The molecule has 164 valence electrons. The lowest BCUT2D eigenvalue weighted by molar-refractivity contribution is -0.384. The number of nitrogens with zero attached hydrogens (tertiary/aromatic N) is 2. The van der Waals surface area contributed by atoms with E-state index in [1.807, 2.05) is 30.3 Å². The fraction of sp³-hybridized carbons (Fsp3) is 0.136. The molecule has 1 atom stereocenters. The highest BCUT2D eigenvalue weighted by molar-refractivity contribution is 7.99. The smallest absolute Gasteiger partial charge is 0.341 e. The number of hydrogen-bond acceptors (Lipinski definition) is 8. The Morgan fingerprint density at radius 2 is 1.88 bits per heavy atom. The second-order valence-corrected chi connectivity index (χ2v) is 7.51. The van der Waals surface area contributed by atoms with Crippen molar-refractivity contribution in [3.05, 3.63) is 82.5 Å². The number of esters is 1. The second-order valence-electron chi connectivity index (χ2n) is 6.45. The largest absolute Gasteiger partial charge is 0.496 e. The number of anilines is 1. The van der Waals surface area contributed by atoms with Crippen LogP contribution in [0.4, 0.5) is 11.4 Å². The average Bonchev–Trinajstić information content (AvgIpc) is 2.80. The van der Waals surface area contributed by atoms with E-state index in [-0.39, 0.29) is 22.7 Å². The zero-order valence-electron chi connectivity index (χ0n) is 17.2. The van der Waals surface area contributed by atoms with Crippen molar-refractivity contribution in [2.45, 2.75) is 22.9 Å². The maximum atomic E-state index is 12.7. The number of carbonyl (C=O) groups excluding carboxylic acids is 2. The minimum atomic E-state index is -1.21. The molecule has 0 aliphatic heterocycles. The Morgan fingerprint density at radius 3 is 2.56 bits per heavy atom. The summed E-state index contributed by atoms with van der Waals surface area (Å²) in [6, 6.07) is 16.5. The van der Waals surface area contributed by atoms with Gasteiger partial charge < -0.3 is 14.8 Å². The van der Waals surface area contributed by atoms with Crippen LogP contribution in [0.3, 0.4) is 0 Å². The number of pyridine rings is 1. The number of rotatable bonds is 8. The van der Waals surface area contributed by atoms with Gasteiger partial charge in [0.1, 0.15) is 16.5 Å². The van der Waals surface area contributed by atoms with Crippen molar-refractivity contribution in [1.29, 1.82) is 0 Å². The third-order valence-corrected chi connectivity index (χ3v) is 5.29. The number of benzene rings is 2. The van der Waals surface area contributed by atoms with Gasteiger partial charge in [-0.15, -0.1) is 0 Å². The summed E-state index contributed by atoms with van der Waals surface area (Å²) in [6.07, 6.45) is 0.347. The number of nitro groups is 1. The molecule has 0 radical (unpaired) electrons. The van der Waals surface area contributed by atoms with Gasteiger partial charge in [0.25, 0.3) is 11.6 Å². The number of carbonyl (C=O) groups is 2. The SMILES string of the molecule is COc1ccc(NC(=O)C(C)OC(=O)c2cccnc2Sc2ccccc2)c([N+](=O)[O-])c1. The molecule has 9 nitrogen and oxygen atoms in total. The molecule has 1 N–H and O–H groups in total. The van der Waals surface area contributed by atoms with E-state index in [2.05, 4.69) is 10.3 Å². The number of nitrogens with one attached hydrogen (secondary N) is 1. The van der Waals surface area contributed by atoms with Crippen LogP contribution >= 0.6 is 11.8 Å². The minimum Gasteiger partial charge on any atom is -0.496 e. The number of amides is 1. The molecular weight excluding hydrogens is 434 g/mol. The molecule has 1 amide bonds. The summed E-state index contributed by atoms with van der Waals surface area (Å²) in [4.78, 5) is 41.0. The summed E-state index contributed by atoms with van der Waals surface area (Å²) < 4.78 is 10.3. The summed E-state index contributed by atoms with van der Waals surface area (Å²) in [6.45, 7) is 1.38. The summed E-state index contributed by atoms with van der Waals surface area (Å²) in [7, 11) is 1.38. The van der Waals surface area contributed by atoms with E-state index in [9.17, 15) is 19.7 Å². The number of nitro benzene ring substituents is 1. The molecule has 3 rings (SSSR count). The maximum Gasteiger partial charge on any atom is 0.341 e. The number of ether oxygens (including phenoxy) is 2. The molecule has 0 saturated carbocycles. The van der Waals surface area contributed by atoms with Gasteiger partial charge in [0.15, 0.2) is 6.10 Å². The molecule has 1 unspecified atom stereocenters. The fourth-order valence-electron chi connectivity index (χ4n) is 2.63. The quantitative estimate of drug-likeness (QED) is 0.304. The summed E-state index contributed by atoms with van der Waals surface area (Å²) in [5, 5.41) is 14.1. The highest BCUT2D eigenvalue weighted by Crippen LogP contribution is 2.30. The van der Waals surface area contributed by atoms with E-state index >= 15 is 0 Å². The first kappa shape index (κ1) is 22.8. The van der Waals surface area contributed by atoms with Gasteiger partial charge >= 0.3 is 5.97 Å². The van der Waals surface area contributed by atoms with E-state index in [0.29, 0.717) is 5.03 Å². The monoisotopic (exact) mass is 453 g/mol. The van der Waals surface area contributed by atoms with Crippen LogP contribution in [-0.4, -0.2) is 35.0 Å². The maximum absolute atomic E-state index is 12.7. The van der Waals surface area contributed by atoms with Crippen molar-refractivity contribution < 1.29 is 24.0 Å². The summed E-state index contributed by atoms with van der Waals surface area (Å²) in [5.74, 6) is -1.18. The highest BCUT2D eigenvalue weighted by Gasteiger charge is 2.24. The Bertz CT molecular complexity index is 1140. The van der Waals surface area contributed by atoms with Gasteiger partial charge in [-0.05, 0) is 43.3 Å². The first-order valence-corrected chi connectivity index (χ1v) is 10.2. The van der Waals surface area contributed by atoms with Crippen molar-refractivity contribution in [3.63, 3.8) is 0 Å². The zero-order chi connectivity index (χ0) is 23.1. The minimum absolute atomic E-state index is 0.0367. The standard InChI is InChI=1S/C22H19N3O6S/c1-14(20(26)24-18-11-10-15(30-2)13-19(18)25(28)29)31-22(27)17-9-6-12-23-21(17)32-16-7-4-3-5-8-16/h3-14H,1-2H3,(H,24,26). The van der Waals surface area contributed by atoms with Crippen molar-refractivity contribution in [3.8, 4) is 5.75 Å². The molecule has 0 bridgehead atoms. The lowest BCUT2D eigenvalue weighted by atomic mass is 10.2. The summed E-state index contributed by atoms with van der Waals surface area (Å²) in [5.41, 5.74) is -0.174. The first-order valence-electron chi connectivity index (χ1n) is 9.41. The van der Waals surface area contributed by atoms with Crippen LogP contribution in [-0.2, 0) is 9.53 Å². The third kappa shape index (κ3) is 5.61. The van der Waals surface area contributed by atoms with Gasteiger partial charge in [0.2, 0.25) is 0 Å². The van der Waals surface area contributed by atoms with Crippen molar-refractivity contribution >= 4 is 35.0 Å². The van der Waals surface area contributed by atoms with Gasteiger partial charge in [0, 0.05) is 11.1 Å². The molecule has 0 aliphatic rings. The van der Waals surface area contributed by atoms with Gasteiger partial charge in [-0.2, -0.15) is 0 Å². The predicted octanol–water partition coefficient (Wildman–Crippen LogP) is 4.33. The zero-order valence-corrected chi connectivity index (χ0v) is 18.0. The molecule has 0 spiro atoms. The molecule has 0 aliphatic carbocycles. The van der Waals surface area contributed by atoms with Crippen LogP contribution in [0, 0.1) is 10.1 Å². The van der Waals surface area contributed by atoms with Crippen LogP contribution in [0.2, 0.25) is 0 Å². The average molecular weight is 453 g/mol. The predicted molar refractivity (Wildman–Crippen MR) is 118 cm³/mol. The third-order valence-electron chi connectivity index (χ3n) is 4.26. The summed E-state index contributed by atoms with van der Waals surface area (Å²) >= 11 is 1.29. The van der Waals surface area contributed by atoms with Crippen LogP contribution < -0.4 is 10.1 Å². The molecular formula is C22H19N3O6S. The van der Waals surface area contributed by atoms with Crippen LogP contribution in [0.1, 0.15) is 17.3 Å². The van der Waals surface area contributed by atoms with E-state index < -0.39 is 22.9 Å². The van der Waals surface area contributed by atoms with Gasteiger partial charge in [0.05, 0.1) is 23.7 Å². The number of methoxy groups -OCH3 is 1. The molecule has 0 saturated heterocycles. The van der Waals surface area contributed by atoms with E-state index in [1.165, 1.54) is 44.0 Å². The Balaban J connectivity index is 1.71. The van der Waals surface area contributed by atoms with E-state index in [1.54, 1.807) is 18.3 Å².